The van der Waals surface area contributed by atoms with Gasteiger partial charge >= 0.3 is 6.36 Å². The summed E-state index contributed by atoms with van der Waals surface area (Å²) in [5.74, 6) is -1.36. The van der Waals surface area contributed by atoms with Gasteiger partial charge in [0.15, 0.2) is 0 Å². The minimum atomic E-state index is -4.93. The van der Waals surface area contributed by atoms with Crippen LogP contribution in [0, 0.1) is 5.82 Å². The van der Waals surface area contributed by atoms with Gasteiger partial charge in [0.2, 0.25) is 0 Å². The molecule has 172 valence electrons. The van der Waals surface area contributed by atoms with E-state index in [1.807, 2.05) is 0 Å². The maximum Gasteiger partial charge on any atom is 0.573 e. The molecule has 2 aromatic heterocycles. The Hall–Kier alpha value is -2.98. The fraction of sp³-hybridized carbons (Fsp3) is 0.238. The van der Waals surface area contributed by atoms with Gasteiger partial charge in [0.05, 0.1) is 27.2 Å². The smallest absolute Gasteiger partial charge is 0.405 e. The van der Waals surface area contributed by atoms with Crippen LogP contribution in [0.25, 0.3) is 33.5 Å². The molecule has 0 saturated heterocycles. The van der Waals surface area contributed by atoms with Gasteiger partial charge < -0.3 is 9.72 Å². The van der Waals surface area contributed by atoms with E-state index >= 15 is 4.39 Å². The molecular formula is C21H14Cl2F4N4O2. The third-order valence-corrected chi connectivity index (χ3v) is 6.12. The number of aromatic amines is 1. The topological polar surface area (TPSA) is 64.8 Å². The number of halogens is 6. The lowest BCUT2D eigenvalue weighted by Crippen LogP contribution is -2.27. The molecule has 1 aliphatic heterocycles. The van der Waals surface area contributed by atoms with E-state index in [0.717, 1.165) is 25.0 Å². The average molecular weight is 501 g/mol. The Balaban J connectivity index is 1.76. The first-order valence-corrected chi connectivity index (χ1v) is 10.6. The number of rotatable bonds is 3. The van der Waals surface area contributed by atoms with Crippen molar-refractivity contribution in [3.8, 4) is 28.3 Å². The van der Waals surface area contributed by atoms with Gasteiger partial charge in [-0.15, -0.1) is 13.2 Å². The molecule has 0 atom stereocenters. The number of imidazole rings is 1. The minimum absolute atomic E-state index is 0.0209. The van der Waals surface area contributed by atoms with Crippen molar-refractivity contribution in [1.82, 2.24) is 19.3 Å². The first-order valence-electron chi connectivity index (χ1n) is 9.88. The first-order chi connectivity index (χ1) is 15.7. The molecule has 6 nitrogen and oxygen atoms in total. The minimum Gasteiger partial charge on any atom is -0.405 e. The molecule has 0 bridgehead atoms. The van der Waals surface area contributed by atoms with Crippen molar-refractivity contribution in [2.45, 2.75) is 32.3 Å². The first kappa shape index (κ1) is 21.8. The number of ether oxygens (including phenoxy) is 1. The van der Waals surface area contributed by atoms with Crippen molar-refractivity contribution in [3.05, 3.63) is 56.7 Å². The van der Waals surface area contributed by atoms with Gasteiger partial charge in [-0.1, -0.05) is 35.3 Å². The number of nitrogens with zero attached hydrogens (tertiary/aromatic N) is 3. The van der Waals surface area contributed by atoms with Crippen LogP contribution in [0.4, 0.5) is 17.6 Å². The standard InChI is InChI=1S/C21H14Cl2F4N4O2/c22-11-9-12(24)14(15-18(23)30-7-3-4-8-31(30)20(15)32)17-16(11)28-19(29-17)10-5-1-2-6-13(10)33-21(25,26)27/h1-2,5-6,9H,3-4,7-8H2,(H,28,29). The number of H-pyrrole nitrogens is 1. The maximum absolute atomic E-state index is 15.2. The Morgan fingerprint density at radius 2 is 1.76 bits per heavy atom. The molecule has 1 N–H and O–H groups in total. The highest BCUT2D eigenvalue weighted by Crippen LogP contribution is 2.40. The third kappa shape index (κ3) is 3.67. The second kappa shape index (κ2) is 7.81. The van der Waals surface area contributed by atoms with E-state index in [0.29, 0.717) is 13.1 Å². The van der Waals surface area contributed by atoms with Crippen LogP contribution in [0.1, 0.15) is 12.8 Å². The summed E-state index contributed by atoms with van der Waals surface area (Å²) < 4.78 is 60.9. The van der Waals surface area contributed by atoms with Gasteiger partial charge in [-0.25, -0.2) is 14.1 Å². The molecule has 0 radical (unpaired) electrons. The predicted octanol–water partition coefficient (Wildman–Crippen LogP) is 6.00. The van der Waals surface area contributed by atoms with Gasteiger partial charge in [0.1, 0.15) is 28.1 Å². The summed E-state index contributed by atoms with van der Waals surface area (Å²) in [5, 5.41) is -0.0117. The molecule has 3 heterocycles. The number of hydrogen-bond donors (Lipinski definition) is 1. The molecule has 0 amide bonds. The Bertz CT molecular complexity index is 1460. The van der Waals surface area contributed by atoms with Crippen molar-refractivity contribution < 1.29 is 22.3 Å². The summed E-state index contributed by atoms with van der Waals surface area (Å²) >= 11 is 12.7. The largest absolute Gasteiger partial charge is 0.573 e. The number of benzene rings is 2. The second-order valence-corrected chi connectivity index (χ2v) is 8.26. The molecule has 4 aromatic rings. The number of nitrogens with one attached hydrogen (secondary N) is 1. The van der Waals surface area contributed by atoms with Crippen molar-refractivity contribution in [3.63, 3.8) is 0 Å². The quantitative estimate of drug-likeness (QED) is 0.351. The van der Waals surface area contributed by atoms with E-state index in [2.05, 4.69) is 14.7 Å². The van der Waals surface area contributed by atoms with Crippen molar-refractivity contribution in [2.24, 2.45) is 0 Å². The zero-order valence-corrected chi connectivity index (χ0v) is 18.2. The summed E-state index contributed by atoms with van der Waals surface area (Å²) in [6.45, 7) is 0.941. The SMILES string of the molecule is O=c1c(-c2c(F)cc(Cl)c3nc(-c4ccccc4OC(F)(F)F)[nH]c23)c(Cl)n2n1CCCC2. The monoisotopic (exact) mass is 500 g/mol. The predicted molar refractivity (Wildman–Crippen MR) is 115 cm³/mol. The van der Waals surface area contributed by atoms with E-state index < -0.39 is 23.5 Å². The van der Waals surface area contributed by atoms with E-state index in [9.17, 15) is 18.0 Å². The lowest BCUT2D eigenvalue weighted by molar-refractivity contribution is -0.274. The maximum atomic E-state index is 15.2. The third-order valence-electron chi connectivity index (χ3n) is 5.45. The van der Waals surface area contributed by atoms with Gasteiger partial charge in [0.25, 0.3) is 5.56 Å². The van der Waals surface area contributed by atoms with Crippen LogP contribution in [0.3, 0.4) is 0 Å². The number of fused-ring (bicyclic) bond motifs is 2. The van der Waals surface area contributed by atoms with Gasteiger partial charge in [-0.05, 0) is 31.0 Å². The summed E-state index contributed by atoms with van der Waals surface area (Å²) in [5.41, 5.74) is -0.583. The molecular weight excluding hydrogens is 487 g/mol. The summed E-state index contributed by atoms with van der Waals surface area (Å²) in [4.78, 5) is 20.2. The fourth-order valence-electron chi connectivity index (χ4n) is 4.08. The summed E-state index contributed by atoms with van der Waals surface area (Å²) in [7, 11) is 0. The molecule has 12 heteroatoms. The highest BCUT2D eigenvalue weighted by atomic mass is 35.5. The van der Waals surface area contributed by atoms with Crippen LogP contribution in [0.2, 0.25) is 10.2 Å². The Labute approximate surface area is 193 Å². The van der Waals surface area contributed by atoms with Crippen LogP contribution in [-0.4, -0.2) is 25.7 Å². The molecule has 2 aromatic carbocycles. The molecule has 5 rings (SSSR count). The lowest BCUT2D eigenvalue weighted by Gasteiger charge is -2.17. The average Bonchev–Trinajstić information content (AvgIpc) is 3.30. The van der Waals surface area contributed by atoms with Crippen LogP contribution < -0.4 is 10.3 Å². The zero-order chi connectivity index (χ0) is 23.5. The fourth-order valence-corrected chi connectivity index (χ4v) is 4.67. The summed E-state index contributed by atoms with van der Waals surface area (Å²) in [6, 6.07) is 6.36. The molecule has 0 unspecified atom stereocenters. The van der Waals surface area contributed by atoms with Crippen LogP contribution in [-0.2, 0) is 13.1 Å². The van der Waals surface area contributed by atoms with Gasteiger partial charge in [-0.2, -0.15) is 0 Å². The number of para-hydroxylation sites is 1. The Kier molecular flexibility index (Phi) is 5.17. The van der Waals surface area contributed by atoms with Crippen LogP contribution >= 0.6 is 23.2 Å². The molecule has 0 saturated carbocycles. The van der Waals surface area contributed by atoms with Crippen molar-refractivity contribution in [2.75, 3.05) is 0 Å². The normalized spacial score (nSPS) is 14.0. The molecule has 0 aliphatic carbocycles. The number of hydrogen-bond acceptors (Lipinski definition) is 3. The molecule has 1 aliphatic rings. The van der Waals surface area contributed by atoms with Crippen LogP contribution in [0.15, 0.2) is 35.1 Å². The van der Waals surface area contributed by atoms with Crippen LogP contribution in [0.5, 0.6) is 5.75 Å². The van der Waals surface area contributed by atoms with Gasteiger partial charge in [0, 0.05) is 13.1 Å². The van der Waals surface area contributed by atoms with E-state index in [1.54, 1.807) is 4.68 Å². The molecule has 0 fully saturated rings. The van der Waals surface area contributed by atoms with Crippen molar-refractivity contribution in [1.29, 1.82) is 0 Å². The van der Waals surface area contributed by atoms with E-state index in [1.165, 1.54) is 22.9 Å². The number of aromatic nitrogens is 4. The van der Waals surface area contributed by atoms with Gasteiger partial charge in [-0.3, -0.25) is 9.48 Å². The highest BCUT2D eigenvalue weighted by Gasteiger charge is 2.33. The van der Waals surface area contributed by atoms with Crippen molar-refractivity contribution >= 4 is 34.2 Å². The zero-order valence-electron chi connectivity index (χ0n) is 16.6. The highest BCUT2D eigenvalue weighted by molar-refractivity contribution is 6.36. The molecule has 0 spiro atoms. The second-order valence-electron chi connectivity index (χ2n) is 7.49. The Morgan fingerprint density at radius 1 is 1.06 bits per heavy atom. The van der Waals surface area contributed by atoms with E-state index in [4.69, 9.17) is 23.2 Å². The number of alkyl halides is 3. The summed E-state index contributed by atoms with van der Waals surface area (Å²) in [6.07, 6.45) is -3.33. The lowest BCUT2D eigenvalue weighted by atomic mass is 10.1. The van der Waals surface area contributed by atoms with E-state index in [-0.39, 0.29) is 43.7 Å². The Morgan fingerprint density at radius 3 is 2.45 bits per heavy atom. The molecule has 33 heavy (non-hydrogen) atoms.